The molecule has 1 heterocycles. The van der Waals surface area contributed by atoms with Crippen LogP contribution in [-0.2, 0) is 4.79 Å². The number of allylic oxidation sites excluding steroid dienone is 2. The van der Waals surface area contributed by atoms with E-state index in [1.54, 1.807) is 6.92 Å². The minimum absolute atomic E-state index is 0.0504. The summed E-state index contributed by atoms with van der Waals surface area (Å²) in [4.78, 5) is 16.3. The average molecular weight is 435 g/mol. The number of hydrogen-bond acceptors (Lipinski definition) is 2. The fraction of sp³-hybridized carbons (Fsp3) is 0.852. The predicted octanol–water partition coefficient (Wildman–Crippen LogP) is 7.14. The molecule has 0 aromatic carbocycles. The molecule has 1 rings (SSSR count). The number of rotatable bonds is 19. The van der Waals surface area contributed by atoms with Gasteiger partial charge in [0, 0.05) is 20.3 Å². The number of aliphatic imine (C=N–C) groups is 1. The van der Waals surface area contributed by atoms with Crippen LogP contribution in [0.1, 0.15) is 124 Å². The number of hydrogen-bond donors (Lipinski definition) is 1. The largest absolute Gasteiger partial charge is 0.307 e. The molecule has 4 heteroatoms. The molecule has 1 N–H and O–H groups in total. The summed E-state index contributed by atoms with van der Waals surface area (Å²) in [6.07, 6.45) is 27.4. The first kappa shape index (κ1) is 27.9. The van der Waals surface area contributed by atoms with Crippen molar-refractivity contribution in [2.45, 2.75) is 136 Å². The monoisotopic (exact) mass is 434 g/mol. The molecule has 0 aliphatic carbocycles. The third kappa shape index (κ3) is 11.3. The molecule has 4 nitrogen and oxygen atoms in total. The lowest BCUT2D eigenvalue weighted by Gasteiger charge is -2.42. The smallest absolute Gasteiger partial charge is 0.221 e. The molecule has 0 saturated carbocycles. The Balaban J connectivity index is 2.05. The van der Waals surface area contributed by atoms with Crippen molar-refractivity contribution in [2.75, 3.05) is 13.1 Å². The lowest BCUT2D eigenvalue weighted by molar-refractivity contribution is -0.959. The number of carbonyl (C=O) groups is 1. The Kier molecular flexibility index (Phi) is 15.6. The molecule has 0 saturated heterocycles. The minimum Gasteiger partial charge on any atom is -0.307 e. The molecule has 31 heavy (non-hydrogen) atoms. The topological polar surface area (TPSA) is 41.5 Å². The van der Waals surface area contributed by atoms with Crippen molar-refractivity contribution >= 4 is 12.1 Å². The van der Waals surface area contributed by atoms with E-state index in [4.69, 9.17) is 4.99 Å². The molecule has 0 bridgehead atoms. The zero-order valence-corrected chi connectivity index (χ0v) is 21.2. The summed E-state index contributed by atoms with van der Waals surface area (Å²) >= 11 is 0. The molecule has 1 amide bonds. The van der Waals surface area contributed by atoms with Gasteiger partial charge in [-0.05, 0) is 32.6 Å². The second-order valence-corrected chi connectivity index (χ2v) is 9.52. The molecule has 0 fully saturated rings. The van der Waals surface area contributed by atoms with Gasteiger partial charge in [-0.1, -0.05) is 83.3 Å². The molecular weight excluding hydrogens is 382 g/mol. The number of nitrogens with zero attached hydrogens (tertiary/aromatic N) is 2. The summed E-state index contributed by atoms with van der Waals surface area (Å²) in [5, 5.41) is 3.10. The number of nitrogens with one attached hydrogen (secondary N) is 1. The van der Waals surface area contributed by atoms with Gasteiger partial charge in [0.25, 0.3) is 0 Å². The Morgan fingerprint density at radius 2 is 1.52 bits per heavy atom. The maximum Gasteiger partial charge on any atom is 0.221 e. The van der Waals surface area contributed by atoms with Crippen molar-refractivity contribution in [3.63, 3.8) is 0 Å². The Labute approximate surface area is 193 Å². The van der Waals surface area contributed by atoms with E-state index in [0.29, 0.717) is 0 Å². The highest BCUT2D eigenvalue weighted by atomic mass is 16.1. The van der Waals surface area contributed by atoms with Crippen molar-refractivity contribution < 1.29 is 9.28 Å². The van der Waals surface area contributed by atoms with E-state index < -0.39 is 0 Å². The summed E-state index contributed by atoms with van der Waals surface area (Å²) in [5.41, 5.74) is 0. The van der Waals surface area contributed by atoms with E-state index in [-0.39, 0.29) is 18.2 Å². The third-order valence-corrected chi connectivity index (χ3v) is 7.04. The average Bonchev–Trinajstić information content (AvgIpc) is 3.17. The van der Waals surface area contributed by atoms with Gasteiger partial charge in [0.1, 0.15) is 6.54 Å². The molecular formula is C27H52N3O+. The van der Waals surface area contributed by atoms with Crippen LogP contribution in [0.15, 0.2) is 17.1 Å². The summed E-state index contributed by atoms with van der Waals surface area (Å²) in [7, 11) is 0. The van der Waals surface area contributed by atoms with Crippen LogP contribution in [-0.4, -0.2) is 42.0 Å². The Morgan fingerprint density at radius 1 is 0.968 bits per heavy atom. The Hall–Kier alpha value is -1.16. The van der Waals surface area contributed by atoms with Crippen LogP contribution < -0.4 is 5.32 Å². The van der Waals surface area contributed by atoms with Crippen molar-refractivity contribution in [1.82, 2.24) is 5.32 Å². The number of carbonyl (C=O) groups excluding carboxylic acids is 1. The first-order chi connectivity index (χ1) is 15.1. The van der Waals surface area contributed by atoms with Crippen LogP contribution in [0.5, 0.6) is 0 Å². The first-order valence-corrected chi connectivity index (χ1v) is 13.4. The second-order valence-electron chi connectivity index (χ2n) is 9.52. The van der Waals surface area contributed by atoms with Crippen LogP contribution in [0.4, 0.5) is 0 Å². The van der Waals surface area contributed by atoms with Gasteiger partial charge in [0.15, 0.2) is 12.3 Å². The fourth-order valence-electron chi connectivity index (χ4n) is 4.94. The van der Waals surface area contributed by atoms with E-state index in [9.17, 15) is 4.79 Å². The second kappa shape index (κ2) is 17.4. The maximum absolute atomic E-state index is 11.5. The molecule has 180 valence electrons. The van der Waals surface area contributed by atoms with Gasteiger partial charge in [-0.15, -0.1) is 0 Å². The van der Waals surface area contributed by atoms with Crippen molar-refractivity contribution in [1.29, 1.82) is 0 Å². The zero-order valence-electron chi connectivity index (χ0n) is 21.2. The van der Waals surface area contributed by atoms with Crippen LogP contribution in [0.2, 0.25) is 0 Å². The van der Waals surface area contributed by atoms with E-state index in [2.05, 4.69) is 44.5 Å². The molecule has 0 aromatic rings. The highest BCUT2D eigenvalue weighted by Crippen LogP contribution is 2.26. The standard InChI is InChI=1S/C27H51N3O/c1-5-7-8-9-10-11-12-13-14-15-16-17-18-19-20-21-22-27-28-23-24-30(27,6-2)25(3)29-26(4)31/h18-19,23,25,27H,5-17,20-22,24H2,1-4H3/p+1/b19-18+. The van der Waals surface area contributed by atoms with Crippen molar-refractivity contribution in [3.05, 3.63) is 12.2 Å². The zero-order chi connectivity index (χ0) is 22.8. The normalized spacial score (nSPS) is 21.7. The Morgan fingerprint density at radius 3 is 2.06 bits per heavy atom. The van der Waals surface area contributed by atoms with Crippen LogP contribution in [0.25, 0.3) is 0 Å². The predicted molar refractivity (Wildman–Crippen MR) is 135 cm³/mol. The molecule has 1 aliphatic heterocycles. The van der Waals surface area contributed by atoms with E-state index in [0.717, 1.165) is 30.4 Å². The third-order valence-electron chi connectivity index (χ3n) is 7.04. The van der Waals surface area contributed by atoms with Crippen LogP contribution in [0, 0.1) is 0 Å². The number of unbranched alkanes of at least 4 members (excludes halogenated alkanes) is 12. The number of quaternary nitrogens is 1. The van der Waals surface area contributed by atoms with Gasteiger partial charge in [-0.3, -0.25) is 9.28 Å². The van der Waals surface area contributed by atoms with Crippen molar-refractivity contribution in [2.24, 2.45) is 4.99 Å². The van der Waals surface area contributed by atoms with E-state index in [1.807, 2.05) is 0 Å². The van der Waals surface area contributed by atoms with Gasteiger partial charge in [-0.25, -0.2) is 4.99 Å². The first-order valence-electron chi connectivity index (χ1n) is 13.4. The summed E-state index contributed by atoms with van der Waals surface area (Å²) in [5.74, 6) is 0.0504. The van der Waals surface area contributed by atoms with E-state index in [1.165, 1.54) is 83.5 Å². The quantitative estimate of drug-likeness (QED) is 0.131. The molecule has 3 unspecified atom stereocenters. The molecule has 0 aromatic heterocycles. The lowest BCUT2D eigenvalue weighted by Crippen LogP contribution is -2.63. The fourth-order valence-corrected chi connectivity index (χ4v) is 4.94. The molecule has 0 radical (unpaired) electrons. The van der Waals surface area contributed by atoms with Gasteiger partial charge < -0.3 is 5.32 Å². The van der Waals surface area contributed by atoms with E-state index >= 15 is 0 Å². The lowest BCUT2D eigenvalue weighted by atomic mass is 10.1. The van der Waals surface area contributed by atoms with Crippen LogP contribution >= 0.6 is 0 Å². The highest BCUT2D eigenvalue weighted by Gasteiger charge is 2.42. The summed E-state index contributed by atoms with van der Waals surface area (Å²) in [6, 6.07) is 0. The minimum atomic E-state index is 0.0504. The molecule has 1 aliphatic rings. The highest BCUT2D eigenvalue weighted by molar-refractivity contribution is 5.73. The number of amides is 1. The summed E-state index contributed by atoms with van der Waals surface area (Å²) in [6.45, 7) is 10.2. The maximum atomic E-state index is 11.5. The Bertz CT molecular complexity index is 517. The summed E-state index contributed by atoms with van der Waals surface area (Å²) < 4.78 is 0.863. The van der Waals surface area contributed by atoms with Crippen LogP contribution in [0.3, 0.4) is 0 Å². The van der Waals surface area contributed by atoms with Gasteiger partial charge in [0.2, 0.25) is 5.91 Å². The van der Waals surface area contributed by atoms with Gasteiger partial charge in [-0.2, -0.15) is 0 Å². The van der Waals surface area contributed by atoms with Gasteiger partial charge >= 0.3 is 0 Å². The molecule has 0 spiro atoms. The molecule has 3 atom stereocenters. The van der Waals surface area contributed by atoms with Crippen molar-refractivity contribution in [3.8, 4) is 0 Å². The van der Waals surface area contributed by atoms with Gasteiger partial charge in [0.05, 0.1) is 12.8 Å². The SMILES string of the molecule is CCCCCCCCCCCCC/C=C/CCCC1N=CC[N+]1(CC)C(C)NC(C)=O.